The summed E-state index contributed by atoms with van der Waals surface area (Å²) in [6, 6.07) is 3.21. The molecular formula is C13H19N3O3. The van der Waals surface area contributed by atoms with E-state index in [1.54, 1.807) is 0 Å². The standard InChI is InChI=1S/C13H19N3O3/c17-9-8-15(11-4-2-1-3-5-11)13-10-12(16(18)19)6-7-14-13/h6-7,10-11,17H,1-5,8-9H2. The summed E-state index contributed by atoms with van der Waals surface area (Å²) in [6.07, 6.45) is 7.16. The van der Waals surface area contributed by atoms with Gasteiger partial charge in [0.1, 0.15) is 5.82 Å². The normalized spacial score (nSPS) is 16.3. The first-order valence-electron chi connectivity index (χ1n) is 6.70. The number of aliphatic hydroxyl groups is 1. The van der Waals surface area contributed by atoms with E-state index in [9.17, 15) is 15.2 Å². The quantitative estimate of drug-likeness (QED) is 0.651. The van der Waals surface area contributed by atoms with Crippen molar-refractivity contribution in [3.63, 3.8) is 0 Å². The van der Waals surface area contributed by atoms with Gasteiger partial charge in [0.2, 0.25) is 0 Å². The fourth-order valence-corrected chi connectivity index (χ4v) is 2.66. The van der Waals surface area contributed by atoms with Gasteiger partial charge < -0.3 is 10.0 Å². The lowest BCUT2D eigenvalue weighted by Crippen LogP contribution is -2.39. The van der Waals surface area contributed by atoms with Crippen LogP contribution in [0.3, 0.4) is 0 Å². The molecule has 1 aliphatic carbocycles. The molecule has 0 bridgehead atoms. The van der Waals surface area contributed by atoms with Gasteiger partial charge in [-0.15, -0.1) is 0 Å². The van der Waals surface area contributed by atoms with Gasteiger partial charge in [0.25, 0.3) is 5.69 Å². The maximum atomic E-state index is 10.8. The highest BCUT2D eigenvalue weighted by Gasteiger charge is 2.23. The SMILES string of the molecule is O=[N+]([O-])c1ccnc(N(CCO)C2CCCCC2)c1. The minimum Gasteiger partial charge on any atom is -0.395 e. The van der Waals surface area contributed by atoms with Gasteiger partial charge in [-0.05, 0) is 12.8 Å². The van der Waals surface area contributed by atoms with Crippen molar-refractivity contribution in [3.8, 4) is 0 Å². The van der Waals surface area contributed by atoms with Crippen LogP contribution >= 0.6 is 0 Å². The van der Waals surface area contributed by atoms with Crippen LogP contribution in [0.25, 0.3) is 0 Å². The maximum absolute atomic E-state index is 10.8. The molecule has 1 heterocycles. The summed E-state index contributed by atoms with van der Waals surface area (Å²) in [7, 11) is 0. The van der Waals surface area contributed by atoms with Crippen LogP contribution < -0.4 is 4.90 Å². The van der Waals surface area contributed by atoms with E-state index >= 15 is 0 Å². The second-order valence-electron chi connectivity index (χ2n) is 4.84. The number of hydrogen-bond donors (Lipinski definition) is 1. The number of pyridine rings is 1. The molecule has 0 unspecified atom stereocenters. The van der Waals surface area contributed by atoms with Crippen molar-refractivity contribution in [1.82, 2.24) is 4.98 Å². The van der Waals surface area contributed by atoms with Crippen molar-refractivity contribution in [2.24, 2.45) is 0 Å². The molecule has 1 fully saturated rings. The van der Waals surface area contributed by atoms with E-state index in [2.05, 4.69) is 4.98 Å². The van der Waals surface area contributed by atoms with Crippen LogP contribution in [0.2, 0.25) is 0 Å². The van der Waals surface area contributed by atoms with Gasteiger partial charge in [-0.3, -0.25) is 10.1 Å². The predicted octanol–water partition coefficient (Wildman–Crippen LogP) is 2.12. The van der Waals surface area contributed by atoms with Gasteiger partial charge in [-0.25, -0.2) is 4.98 Å². The average Bonchev–Trinajstić information content (AvgIpc) is 2.46. The molecule has 104 valence electrons. The molecule has 0 atom stereocenters. The minimum absolute atomic E-state index is 0.0286. The molecule has 1 N–H and O–H groups in total. The van der Waals surface area contributed by atoms with Crippen LogP contribution in [0.5, 0.6) is 0 Å². The third kappa shape index (κ3) is 3.41. The van der Waals surface area contributed by atoms with Crippen LogP contribution in [0.1, 0.15) is 32.1 Å². The Morgan fingerprint density at radius 3 is 2.79 bits per heavy atom. The molecule has 1 aromatic heterocycles. The zero-order valence-electron chi connectivity index (χ0n) is 10.9. The zero-order chi connectivity index (χ0) is 13.7. The summed E-state index contributed by atoms with van der Waals surface area (Å²) >= 11 is 0. The molecular weight excluding hydrogens is 246 g/mol. The van der Waals surface area contributed by atoms with Crippen molar-refractivity contribution in [1.29, 1.82) is 0 Å². The highest BCUT2D eigenvalue weighted by Crippen LogP contribution is 2.27. The smallest absolute Gasteiger partial charge is 0.274 e. The molecule has 1 saturated carbocycles. The Hall–Kier alpha value is -1.69. The van der Waals surface area contributed by atoms with Crippen LogP contribution in [0.4, 0.5) is 11.5 Å². The summed E-state index contributed by atoms with van der Waals surface area (Å²) in [5, 5.41) is 20.0. The summed E-state index contributed by atoms with van der Waals surface area (Å²) in [5.41, 5.74) is 0.0451. The molecule has 19 heavy (non-hydrogen) atoms. The second-order valence-corrected chi connectivity index (χ2v) is 4.84. The summed E-state index contributed by atoms with van der Waals surface area (Å²) in [6.45, 7) is 0.500. The van der Waals surface area contributed by atoms with Crippen LogP contribution in [0.15, 0.2) is 18.3 Å². The maximum Gasteiger partial charge on any atom is 0.274 e. The van der Waals surface area contributed by atoms with Gasteiger partial charge >= 0.3 is 0 Å². The lowest BCUT2D eigenvalue weighted by atomic mass is 9.94. The summed E-state index contributed by atoms with van der Waals surface area (Å²) < 4.78 is 0. The molecule has 1 aromatic rings. The van der Waals surface area contributed by atoms with Crippen molar-refractivity contribution < 1.29 is 10.0 Å². The number of aliphatic hydroxyl groups excluding tert-OH is 1. The highest BCUT2D eigenvalue weighted by atomic mass is 16.6. The van der Waals surface area contributed by atoms with E-state index in [1.807, 2.05) is 4.90 Å². The Labute approximate surface area is 112 Å². The molecule has 2 rings (SSSR count). The molecule has 0 spiro atoms. The van der Waals surface area contributed by atoms with Gasteiger partial charge in [0.15, 0.2) is 0 Å². The largest absolute Gasteiger partial charge is 0.395 e. The molecule has 0 aromatic carbocycles. The first-order valence-corrected chi connectivity index (χ1v) is 6.70. The van der Waals surface area contributed by atoms with E-state index in [1.165, 1.54) is 37.6 Å². The molecule has 6 heteroatoms. The molecule has 0 amide bonds. The number of rotatable bonds is 5. The van der Waals surface area contributed by atoms with E-state index in [0.29, 0.717) is 18.4 Å². The van der Waals surface area contributed by atoms with Crippen LogP contribution in [0, 0.1) is 10.1 Å². The lowest BCUT2D eigenvalue weighted by molar-refractivity contribution is -0.384. The van der Waals surface area contributed by atoms with E-state index in [4.69, 9.17) is 0 Å². The van der Waals surface area contributed by atoms with Crippen molar-refractivity contribution in [3.05, 3.63) is 28.4 Å². The first-order chi connectivity index (χ1) is 9.22. The van der Waals surface area contributed by atoms with Crippen molar-refractivity contribution in [2.75, 3.05) is 18.1 Å². The predicted molar refractivity (Wildman–Crippen MR) is 72.2 cm³/mol. The number of hydrogen-bond acceptors (Lipinski definition) is 5. The summed E-state index contributed by atoms with van der Waals surface area (Å²) in [4.78, 5) is 16.6. The number of anilines is 1. The first kappa shape index (κ1) is 13.7. The monoisotopic (exact) mass is 265 g/mol. The average molecular weight is 265 g/mol. The van der Waals surface area contributed by atoms with Crippen LogP contribution in [-0.4, -0.2) is 34.2 Å². The van der Waals surface area contributed by atoms with Gasteiger partial charge in [0, 0.05) is 24.8 Å². The minimum atomic E-state index is -0.414. The second kappa shape index (κ2) is 6.47. The number of nitrogens with zero attached hydrogens (tertiary/aromatic N) is 3. The Kier molecular flexibility index (Phi) is 4.68. The fourth-order valence-electron chi connectivity index (χ4n) is 2.66. The molecule has 0 saturated heterocycles. The number of aromatic nitrogens is 1. The van der Waals surface area contributed by atoms with Gasteiger partial charge in [-0.2, -0.15) is 0 Å². The van der Waals surface area contributed by atoms with Crippen molar-refractivity contribution >= 4 is 11.5 Å². The topological polar surface area (TPSA) is 79.5 Å². The third-order valence-electron chi connectivity index (χ3n) is 3.59. The highest BCUT2D eigenvalue weighted by molar-refractivity contribution is 5.47. The fraction of sp³-hybridized carbons (Fsp3) is 0.615. The van der Waals surface area contributed by atoms with E-state index in [0.717, 1.165) is 12.8 Å². The van der Waals surface area contributed by atoms with E-state index < -0.39 is 4.92 Å². The van der Waals surface area contributed by atoms with Crippen LogP contribution in [-0.2, 0) is 0 Å². The van der Waals surface area contributed by atoms with E-state index in [-0.39, 0.29) is 12.3 Å². The zero-order valence-corrected chi connectivity index (χ0v) is 10.9. The Balaban J connectivity index is 2.22. The third-order valence-corrected chi connectivity index (χ3v) is 3.59. The molecule has 0 radical (unpaired) electrons. The molecule has 6 nitrogen and oxygen atoms in total. The Bertz CT molecular complexity index is 433. The van der Waals surface area contributed by atoms with Gasteiger partial charge in [0.05, 0.1) is 17.6 Å². The number of nitro groups is 1. The lowest BCUT2D eigenvalue weighted by Gasteiger charge is -2.34. The summed E-state index contributed by atoms with van der Waals surface area (Å²) in [5.74, 6) is 0.593. The molecule has 0 aliphatic heterocycles. The molecule has 1 aliphatic rings. The van der Waals surface area contributed by atoms with Crippen molar-refractivity contribution in [2.45, 2.75) is 38.1 Å². The Morgan fingerprint density at radius 2 is 2.16 bits per heavy atom. The Morgan fingerprint density at radius 1 is 1.42 bits per heavy atom. The van der Waals surface area contributed by atoms with Gasteiger partial charge in [-0.1, -0.05) is 19.3 Å².